The Morgan fingerprint density at radius 3 is 2.29 bits per heavy atom. The van der Waals surface area contributed by atoms with E-state index in [2.05, 4.69) is 0 Å². The number of hydrogen-bond donors (Lipinski definition) is 5. The number of benzene rings is 2. The molecule has 2 heterocycles. The van der Waals surface area contributed by atoms with Crippen LogP contribution < -0.4 is 19.6 Å². The fraction of sp³-hybridized carbons (Fsp3) is 0.348. The molecule has 1 aliphatic rings. The molecule has 1 saturated heterocycles. The second-order valence-corrected chi connectivity index (χ2v) is 7.79. The highest BCUT2D eigenvalue weighted by Gasteiger charge is 2.44. The van der Waals surface area contributed by atoms with Gasteiger partial charge in [0.1, 0.15) is 35.0 Å². The number of aliphatic hydroxyl groups excluding tert-OH is 3. The Kier molecular flexibility index (Phi) is 6.28. The molecule has 0 radical (unpaired) electrons. The molecule has 1 aliphatic heterocycles. The first kappa shape index (κ1) is 23.6. The Balaban J connectivity index is 1.85. The third kappa shape index (κ3) is 3.99. The summed E-state index contributed by atoms with van der Waals surface area (Å²) < 4.78 is 27.3. The van der Waals surface area contributed by atoms with E-state index in [1.54, 1.807) is 0 Å². The molecule has 1 fully saturated rings. The summed E-state index contributed by atoms with van der Waals surface area (Å²) in [5.41, 5.74) is -0.222. The highest BCUT2D eigenvalue weighted by atomic mass is 16.7. The van der Waals surface area contributed by atoms with Crippen LogP contribution in [0.5, 0.6) is 28.7 Å². The van der Waals surface area contributed by atoms with Crippen molar-refractivity contribution in [3.8, 4) is 40.1 Å². The molecule has 4 rings (SSSR count). The lowest BCUT2D eigenvalue weighted by atomic mass is 10.00. The predicted octanol–water partition coefficient (Wildman–Crippen LogP) is 1.09. The molecule has 0 unspecified atom stereocenters. The number of aromatic hydroxyl groups is 2. The summed E-state index contributed by atoms with van der Waals surface area (Å²) >= 11 is 0. The zero-order valence-corrected chi connectivity index (χ0v) is 18.5. The third-order valence-corrected chi connectivity index (χ3v) is 5.62. The highest BCUT2D eigenvalue weighted by molar-refractivity contribution is 5.90. The molecule has 0 saturated carbocycles. The number of phenols is 2. The molecule has 2 aromatic carbocycles. The van der Waals surface area contributed by atoms with Crippen molar-refractivity contribution >= 4 is 11.0 Å². The maximum atomic E-state index is 13.1. The molecule has 1 aromatic heterocycles. The van der Waals surface area contributed by atoms with Gasteiger partial charge in [-0.1, -0.05) is 0 Å². The van der Waals surface area contributed by atoms with Gasteiger partial charge in [-0.05, 0) is 25.1 Å². The summed E-state index contributed by atoms with van der Waals surface area (Å²) in [6.07, 6.45) is -6.98. The molecular formula is C23H24O11. The number of fused-ring (bicyclic) bond motifs is 1. The van der Waals surface area contributed by atoms with Crippen molar-refractivity contribution in [2.24, 2.45) is 0 Å². The second-order valence-electron chi connectivity index (χ2n) is 7.79. The average molecular weight is 476 g/mol. The van der Waals surface area contributed by atoms with Gasteiger partial charge in [-0.15, -0.1) is 0 Å². The van der Waals surface area contributed by atoms with Gasteiger partial charge < -0.3 is 48.9 Å². The van der Waals surface area contributed by atoms with Gasteiger partial charge in [-0.25, -0.2) is 0 Å². The van der Waals surface area contributed by atoms with Gasteiger partial charge >= 0.3 is 0 Å². The first-order chi connectivity index (χ1) is 16.2. The van der Waals surface area contributed by atoms with E-state index in [0.29, 0.717) is 5.56 Å². The summed E-state index contributed by atoms with van der Waals surface area (Å²) in [5, 5.41) is 50.5. The standard InChI is InChI=1S/C23H24O11/c1-9-18(27)19(28)20(29)23(32-9)34-22-17-12(25)7-14(10-4-5-11(24)15(6-10)30-2)33-16(17)8-13(26)21(22)31-3/h4-9,18-20,23-24,26-29H,1-3H3/t9-,18-,19+,20+,23-/m0/s1. The van der Waals surface area contributed by atoms with Crippen LogP contribution in [0.25, 0.3) is 22.3 Å². The third-order valence-electron chi connectivity index (χ3n) is 5.62. The smallest absolute Gasteiger partial charge is 0.229 e. The highest BCUT2D eigenvalue weighted by Crippen LogP contribution is 2.44. The summed E-state index contributed by atoms with van der Waals surface area (Å²) in [4.78, 5) is 13.1. The summed E-state index contributed by atoms with van der Waals surface area (Å²) in [6.45, 7) is 1.47. The topological polar surface area (TPSA) is 168 Å². The fourth-order valence-corrected chi connectivity index (χ4v) is 3.77. The molecule has 5 N–H and O–H groups in total. The van der Waals surface area contributed by atoms with Gasteiger partial charge in [0.2, 0.25) is 12.0 Å². The Morgan fingerprint density at radius 1 is 0.882 bits per heavy atom. The number of rotatable bonds is 5. The van der Waals surface area contributed by atoms with E-state index in [1.807, 2.05) is 0 Å². The number of ether oxygens (including phenoxy) is 4. The van der Waals surface area contributed by atoms with Crippen molar-refractivity contribution in [2.75, 3.05) is 14.2 Å². The van der Waals surface area contributed by atoms with Crippen LogP contribution in [-0.4, -0.2) is 70.5 Å². The lowest BCUT2D eigenvalue weighted by Crippen LogP contribution is -2.58. The van der Waals surface area contributed by atoms with Crippen LogP contribution in [0.4, 0.5) is 0 Å². The number of methoxy groups -OCH3 is 2. The minimum atomic E-state index is -1.66. The first-order valence-electron chi connectivity index (χ1n) is 10.3. The van der Waals surface area contributed by atoms with Crippen molar-refractivity contribution in [1.82, 2.24) is 0 Å². The normalized spacial score (nSPS) is 24.7. The molecule has 11 heteroatoms. The Bertz CT molecular complexity index is 1270. The average Bonchev–Trinajstić information content (AvgIpc) is 2.81. The van der Waals surface area contributed by atoms with Crippen molar-refractivity contribution in [3.63, 3.8) is 0 Å². The van der Waals surface area contributed by atoms with Gasteiger partial charge in [0.05, 0.1) is 20.3 Å². The molecule has 0 spiro atoms. The molecule has 3 aromatic rings. The largest absolute Gasteiger partial charge is 0.504 e. The van der Waals surface area contributed by atoms with Crippen LogP contribution in [0.1, 0.15) is 6.92 Å². The van der Waals surface area contributed by atoms with E-state index in [1.165, 1.54) is 51.5 Å². The van der Waals surface area contributed by atoms with Crippen molar-refractivity contribution in [1.29, 1.82) is 0 Å². The second kappa shape index (κ2) is 9.03. The lowest BCUT2D eigenvalue weighted by Gasteiger charge is -2.39. The van der Waals surface area contributed by atoms with Crippen LogP contribution in [0, 0.1) is 0 Å². The molecule has 5 atom stereocenters. The Labute approximate surface area is 192 Å². The predicted molar refractivity (Wildman–Crippen MR) is 117 cm³/mol. The maximum Gasteiger partial charge on any atom is 0.229 e. The monoisotopic (exact) mass is 476 g/mol. The van der Waals surface area contributed by atoms with E-state index >= 15 is 0 Å². The fourth-order valence-electron chi connectivity index (χ4n) is 3.77. The van der Waals surface area contributed by atoms with Crippen molar-refractivity contribution in [2.45, 2.75) is 37.6 Å². The van der Waals surface area contributed by atoms with Gasteiger partial charge in [0.25, 0.3) is 0 Å². The van der Waals surface area contributed by atoms with Gasteiger partial charge in [0.15, 0.2) is 28.4 Å². The molecule has 0 amide bonds. The molecule has 182 valence electrons. The van der Waals surface area contributed by atoms with E-state index in [0.717, 1.165) is 0 Å². The molecule has 34 heavy (non-hydrogen) atoms. The van der Waals surface area contributed by atoms with Gasteiger partial charge in [-0.2, -0.15) is 0 Å². The van der Waals surface area contributed by atoms with Gasteiger partial charge in [0, 0.05) is 17.7 Å². The minimum Gasteiger partial charge on any atom is -0.504 e. The van der Waals surface area contributed by atoms with E-state index in [4.69, 9.17) is 23.4 Å². The van der Waals surface area contributed by atoms with E-state index < -0.39 is 41.9 Å². The van der Waals surface area contributed by atoms with Crippen molar-refractivity contribution < 1.29 is 48.9 Å². The molecular weight excluding hydrogens is 452 g/mol. The maximum absolute atomic E-state index is 13.1. The molecule has 0 aliphatic carbocycles. The van der Waals surface area contributed by atoms with Crippen LogP contribution in [0.3, 0.4) is 0 Å². The number of aliphatic hydroxyl groups is 3. The van der Waals surface area contributed by atoms with Crippen LogP contribution >= 0.6 is 0 Å². The zero-order valence-electron chi connectivity index (χ0n) is 18.5. The Hall–Kier alpha value is -3.51. The lowest BCUT2D eigenvalue weighted by molar-refractivity contribution is -0.268. The van der Waals surface area contributed by atoms with E-state index in [-0.39, 0.29) is 39.7 Å². The quantitative estimate of drug-likeness (QED) is 0.357. The molecule has 11 nitrogen and oxygen atoms in total. The summed E-state index contributed by atoms with van der Waals surface area (Å²) in [5.74, 6) is -0.732. The summed E-state index contributed by atoms with van der Waals surface area (Å²) in [7, 11) is 2.62. The van der Waals surface area contributed by atoms with Gasteiger partial charge in [-0.3, -0.25) is 4.79 Å². The van der Waals surface area contributed by atoms with Crippen LogP contribution in [0.2, 0.25) is 0 Å². The van der Waals surface area contributed by atoms with Crippen LogP contribution in [-0.2, 0) is 4.74 Å². The van der Waals surface area contributed by atoms with Crippen molar-refractivity contribution in [3.05, 3.63) is 40.6 Å². The van der Waals surface area contributed by atoms with Crippen LogP contribution in [0.15, 0.2) is 39.5 Å². The summed E-state index contributed by atoms with van der Waals surface area (Å²) in [6, 6.07) is 6.71. The first-order valence-corrected chi connectivity index (χ1v) is 10.3. The number of hydrogen-bond acceptors (Lipinski definition) is 11. The minimum absolute atomic E-state index is 0.0678. The Morgan fingerprint density at radius 2 is 1.62 bits per heavy atom. The SMILES string of the molecule is COc1cc(-c2cc(=O)c3c(O[C@@H]4O[C@@H](C)[C@H](O)[C@@H](O)[C@H]4O)c(OC)c(O)cc3o2)ccc1O. The van der Waals surface area contributed by atoms with E-state index in [9.17, 15) is 30.3 Å². The molecule has 0 bridgehead atoms. The number of phenolic OH excluding ortho intramolecular Hbond substituents is 2. The zero-order chi connectivity index (χ0) is 24.7.